The van der Waals surface area contributed by atoms with Crippen molar-refractivity contribution in [1.29, 1.82) is 0 Å². The van der Waals surface area contributed by atoms with Crippen molar-refractivity contribution < 1.29 is 14.1 Å². The summed E-state index contributed by atoms with van der Waals surface area (Å²) in [5.41, 5.74) is -0.371. The molecule has 2 bridgehead atoms. The fourth-order valence-electron chi connectivity index (χ4n) is 3.59. The molecule has 1 aromatic rings. The second-order valence-corrected chi connectivity index (χ2v) is 6.16. The molecule has 22 heavy (non-hydrogen) atoms. The van der Waals surface area contributed by atoms with Gasteiger partial charge in [-0.2, -0.15) is 0 Å². The highest BCUT2D eigenvalue weighted by Crippen LogP contribution is 2.28. The van der Waals surface area contributed by atoms with Gasteiger partial charge in [0.05, 0.1) is 4.92 Å². The van der Waals surface area contributed by atoms with Crippen LogP contribution >= 0.6 is 0 Å². The Morgan fingerprint density at radius 3 is 2.59 bits per heavy atom. The quantitative estimate of drug-likeness (QED) is 0.661. The molecule has 1 aromatic carbocycles. The maximum atomic E-state index is 13.5. The lowest BCUT2D eigenvalue weighted by molar-refractivity contribution is -0.385. The third kappa shape index (κ3) is 2.81. The molecule has 0 saturated carbocycles. The van der Waals surface area contributed by atoms with Crippen molar-refractivity contribution in [3.63, 3.8) is 0 Å². The Balaban J connectivity index is 1.81. The smallest absolute Gasteiger partial charge is 0.285 e. The van der Waals surface area contributed by atoms with Crippen LogP contribution in [0.3, 0.4) is 0 Å². The van der Waals surface area contributed by atoms with Crippen molar-refractivity contribution in [2.24, 2.45) is 0 Å². The summed E-state index contributed by atoms with van der Waals surface area (Å²) in [7, 11) is 0. The molecule has 0 aromatic heterocycles. The molecule has 2 saturated heterocycles. The van der Waals surface area contributed by atoms with E-state index in [1.54, 1.807) is 0 Å². The van der Waals surface area contributed by atoms with E-state index >= 15 is 0 Å². The van der Waals surface area contributed by atoms with Gasteiger partial charge in [0.2, 0.25) is 0 Å². The van der Waals surface area contributed by atoms with Crippen LogP contribution in [-0.4, -0.2) is 29.0 Å². The highest BCUT2D eigenvalue weighted by Gasteiger charge is 2.35. The summed E-state index contributed by atoms with van der Waals surface area (Å²) >= 11 is 0. The summed E-state index contributed by atoms with van der Waals surface area (Å²) in [6.45, 7) is 1.43. The molecule has 0 radical (unpaired) electrons. The van der Waals surface area contributed by atoms with Gasteiger partial charge in [-0.15, -0.1) is 0 Å². The standard InChI is InChI=1S/C15H18FN3O3/c1-8-4-9(16)5-13(14(8)19(21)22)15(20)18-12-6-10-2-3-11(7-12)17-10/h4-5,10-12,17H,2-3,6-7H2,1H3,(H,18,20). The van der Waals surface area contributed by atoms with Crippen molar-refractivity contribution in [1.82, 2.24) is 10.6 Å². The molecule has 6 nitrogen and oxygen atoms in total. The Morgan fingerprint density at radius 1 is 1.36 bits per heavy atom. The number of benzene rings is 1. The van der Waals surface area contributed by atoms with Crippen molar-refractivity contribution >= 4 is 11.6 Å². The van der Waals surface area contributed by atoms with E-state index in [0.717, 1.165) is 37.8 Å². The summed E-state index contributed by atoms with van der Waals surface area (Å²) < 4.78 is 13.5. The van der Waals surface area contributed by atoms with Crippen molar-refractivity contribution in [2.45, 2.75) is 50.7 Å². The first-order chi connectivity index (χ1) is 10.4. The van der Waals surface area contributed by atoms with Gasteiger partial charge in [-0.1, -0.05) is 0 Å². The largest absolute Gasteiger partial charge is 0.349 e. The number of rotatable bonds is 3. The van der Waals surface area contributed by atoms with E-state index in [4.69, 9.17) is 0 Å². The second kappa shape index (κ2) is 5.64. The van der Waals surface area contributed by atoms with E-state index in [1.807, 2.05) is 0 Å². The molecule has 2 atom stereocenters. The molecule has 2 N–H and O–H groups in total. The van der Waals surface area contributed by atoms with E-state index in [1.165, 1.54) is 6.92 Å². The maximum Gasteiger partial charge on any atom is 0.285 e. The van der Waals surface area contributed by atoms with Crippen LogP contribution in [0.2, 0.25) is 0 Å². The average Bonchev–Trinajstić information content (AvgIpc) is 2.76. The number of carbonyl (C=O) groups excluding carboxylic acids is 1. The van der Waals surface area contributed by atoms with Gasteiger partial charge in [0.25, 0.3) is 11.6 Å². The van der Waals surface area contributed by atoms with Crippen molar-refractivity contribution in [3.05, 3.63) is 39.2 Å². The number of nitro groups is 1. The number of nitro benzene ring substituents is 1. The van der Waals surface area contributed by atoms with Gasteiger partial charge in [-0.3, -0.25) is 14.9 Å². The minimum absolute atomic E-state index is 0.0190. The Labute approximate surface area is 127 Å². The van der Waals surface area contributed by atoms with E-state index in [0.29, 0.717) is 12.1 Å². The van der Waals surface area contributed by atoms with Gasteiger partial charge in [-0.25, -0.2) is 4.39 Å². The molecule has 3 rings (SSSR count). The van der Waals surface area contributed by atoms with Crippen LogP contribution in [0.25, 0.3) is 0 Å². The number of hydrogen-bond acceptors (Lipinski definition) is 4. The SMILES string of the molecule is Cc1cc(F)cc(C(=O)NC2CC3CCC(C2)N3)c1[N+](=O)[O-]. The summed E-state index contributed by atoms with van der Waals surface area (Å²) in [6, 6.07) is 2.78. The van der Waals surface area contributed by atoms with Crippen molar-refractivity contribution in [3.8, 4) is 0 Å². The third-order valence-electron chi connectivity index (χ3n) is 4.50. The molecule has 2 heterocycles. The molecule has 0 spiro atoms. The Bertz CT molecular complexity index is 623. The fraction of sp³-hybridized carbons (Fsp3) is 0.533. The fourth-order valence-corrected chi connectivity index (χ4v) is 3.59. The van der Waals surface area contributed by atoms with Crippen LogP contribution in [0.4, 0.5) is 10.1 Å². The van der Waals surface area contributed by atoms with Gasteiger partial charge < -0.3 is 10.6 Å². The molecule has 7 heteroatoms. The first-order valence-electron chi connectivity index (χ1n) is 7.45. The monoisotopic (exact) mass is 307 g/mol. The Hall–Kier alpha value is -2.02. The number of piperidine rings is 1. The zero-order valence-electron chi connectivity index (χ0n) is 12.3. The van der Waals surface area contributed by atoms with Gasteiger partial charge in [0.1, 0.15) is 11.4 Å². The number of halogens is 1. The lowest BCUT2D eigenvalue weighted by Crippen LogP contribution is -2.48. The zero-order valence-corrected chi connectivity index (χ0v) is 12.3. The zero-order chi connectivity index (χ0) is 15.9. The topological polar surface area (TPSA) is 84.3 Å². The first-order valence-corrected chi connectivity index (χ1v) is 7.45. The maximum absolute atomic E-state index is 13.5. The first kappa shape index (κ1) is 14.9. The Morgan fingerprint density at radius 2 is 2.00 bits per heavy atom. The molecule has 2 fully saturated rings. The summed E-state index contributed by atoms with van der Waals surface area (Å²) in [5.74, 6) is -1.21. The van der Waals surface area contributed by atoms with Crippen LogP contribution in [0.1, 0.15) is 41.6 Å². The molecule has 2 aliphatic heterocycles. The van der Waals surface area contributed by atoms with Crippen LogP contribution < -0.4 is 10.6 Å². The number of nitrogens with zero attached hydrogens (tertiary/aromatic N) is 1. The number of aryl methyl sites for hydroxylation is 1. The number of amides is 1. The van der Waals surface area contributed by atoms with E-state index in [-0.39, 0.29) is 22.9 Å². The number of carbonyl (C=O) groups is 1. The van der Waals surface area contributed by atoms with Gasteiger partial charge in [0.15, 0.2) is 0 Å². The highest BCUT2D eigenvalue weighted by molar-refractivity contribution is 5.98. The van der Waals surface area contributed by atoms with Crippen LogP contribution in [0.15, 0.2) is 12.1 Å². The van der Waals surface area contributed by atoms with Gasteiger partial charge in [-0.05, 0) is 44.7 Å². The average molecular weight is 307 g/mol. The van der Waals surface area contributed by atoms with Crippen LogP contribution in [0, 0.1) is 22.9 Å². The molecule has 0 aliphatic carbocycles. The predicted molar refractivity (Wildman–Crippen MR) is 78.2 cm³/mol. The molecule has 2 unspecified atom stereocenters. The van der Waals surface area contributed by atoms with Crippen molar-refractivity contribution in [2.75, 3.05) is 0 Å². The predicted octanol–water partition coefficient (Wildman–Crippen LogP) is 2.06. The summed E-state index contributed by atoms with van der Waals surface area (Å²) in [6.07, 6.45) is 3.81. The Kier molecular flexibility index (Phi) is 3.82. The number of hydrogen-bond donors (Lipinski definition) is 2. The van der Waals surface area contributed by atoms with Gasteiger partial charge in [0, 0.05) is 23.7 Å². The van der Waals surface area contributed by atoms with E-state index in [9.17, 15) is 19.3 Å². The number of fused-ring (bicyclic) bond motifs is 2. The summed E-state index contributed by atoms with van der Waals surface area (Å²) in [4.78, 5) is 22.9. The van der Waals surface area contributed by atoms with Crippen LogP contribution in [0.5, 0.6) is 0 Å². The lowest BCUT2D eigenvalue weighted by Gasteiger charge is -2.29. The second-order valence-electron chi connectivity index (χ2n) is 6.16. The van der Waals surface area contributed by atoms with E-state index < -0.39 is 16.6 Å². The molecular weight excluding hydrogens is 289 g/mol. The molecular formula is C15H18FN3O3. The minimum atomic E-state index is -0.640. The molecule has 1 amide bonds. The van der Waals surface area contributed by atoms with E-state index in [2.05, 4.69) is 10.6 Å². The highest BCUT2D eigenvalue weighted by atomic mass is 19.1. The lowest BCUT2D eigenvalue weighted by atomic mass is 9.99. The summed E-state index contributed by atoms with van der Waals surface area (Å²) in [5, 5.41) is 17.5. The molecule has 2 aliphatic rings. The van der Waals surface area contributed by atoms with Gasteiger partial charge >= 0.3 is 0 Å². The normalized spacial score (nSPS) is 26.7. The third-order valence-corrected chi connectivity index (χ3v) is 4.50. The molecule has 118 valence electrons. The van der Waals surface area contributed by atoms with Crippen LogP contribution in [-0.2, 0) is 0 Å². The minimum Gasteiger partial charge on any atom is -0.349 e. The number of nitrogens with one attached hydrogen (secondary N) is 2.